The SMILES string of the molecule is CC(Cl)C(O)c1ccc[nH]1. The van der Waals surface area contributed by atoms with Crippen molar-refractivity contribution in [2.24, 2.45) is 0 Å². The normalized spacial score (nSPS) is 16.7. The van der Waals surface area contributed by atoms with Crippen LogP contribution in [0.15, 0.2) is 18.3 Å². The van der Waals surface area contributed by atoms with E-state index >= 15 is 0 Å². The molecule has 56 valence electrons. The molecular weight excluding hydrogens is 150 g/mol. The van der Waals surface area contributed by atoms with Crippen LogP contribution >= 0.6 is 11.6 Å². The lowest BCUT2D eigenvalue weighted by atomic mass is 10.2. The Balaban J connectivity index is 2.68. The van der Waals surface area contributed by atoms with Crippen LogP contribution in [0.5, 0.6) is 0 Å². The Morgan fingerprint density at radius 2 is 2.40 bits per heavy atom. The first kappa shape index (κ1) is 7.63. The number of nitrogens with one attached hydrogen (secondary N) is 1. The second-order valence-corrected chi connectivity index (χ2v) is 2.94. The third-order valence-electron chi connectivity index (χ3n) is 1.38. The summed E-state index contributed by atoms with van der Waals surface area (Å²) in [4.78, 5) is 2.88. The molecule has 0 bridgehead atoms. The lowest BCUT2D eigenvalue weighted by Crippen LogP contribution is -2.08. The van der Waals surface area contributed by atoms with E-state index in [4.69, 9.17) is 11.6 Å². The second-order valence-electron chi connectivity index (χ2n) is 2.25. The molecule has 0 aliphatic heterocycles. The van der Waals surface area contributed by atoms with Crippen LogP contribution in [0.4, 0.5) is 0 Å². The first-order valence-corrected chi connectivity index (χ1v) is 3.61. The monoisotopic (exact) mass is 159 g/mol. The molecule has 1 aromatic rings. The fourth-order valence-electron chi connectivity index (χ4n) is 0.776. The Hall–Kier alpha value is -0.470. The summed E-state index contributed by atoms with van der Waals surface area (Å²) in [5, 5.41) is 9.07. The Morgan fingerprint density at radius 1 is 1.70 bits per heavy atom. The number of hydrogen-bond acceptors (Lipinski definition) is 1. The van der Waals surface area contributed by atoms with E-state index in [1.54, 1.807) is 13.1 Å². The number of aliphatic hydroxyl groups excluding tert-OH is 1. The van der Waals surface area contributed by atoms with Gasteiger partial charge >= 0.3 is 0 Å². The van der Waals surface area contributed by atoms with Crippen molar-refractivity contribution in [1.82, 2.24) is 4.98 Å². The standard InChI is InChI=1S/C7H10ClNO/c1-5(8)7(10)6-3-2-4-9-6/h2-5,7,9-10H,1H3. The fraction of sp³-hybridized carbons (Fsp3) is 0.429. The molecule has 2 N–H and O–H groups in total. The highest BCUT2D eigenvalue weighted by Gasteiger charge is 2.13. The minimum atomic E-state index is -0.586. The van der Waals surface area contributed by atoms with Crippen molar-refractivity contribution >= 4 is 11.6 Å². The minimum Gasteiger partial charge on any atom is -0.385 e. The molecular formula is C7H10ClNO. The minimum absolute atomic E-state index is 0.251. The summed E-state index contributed by atoms with van der Waals surface area (Å²) in [5.41, 5.74) is 0.766. The van der Waals surface area contributed by atoms with Crippen LogP contribution in [0.1, 0.15) is 18.7 Å². The smallest absolute Gasteiger partial charge is 0.110 e. The molecule has 0 spiro atoms. The molecule has 1 rings (SSSR count). The van der Waals surface area contributed by atoms with Gasteiger partial charge in [-0.05, 0) is 19.1 Å². The van der Waals surface area contributed by atoms with Gasteiger partial charge in [0, 0.05) is 11.9 Å². The molecule has 0 amide bonds. The van der Waals surface area contributed by atoms with E-state index < -0.39 is 6.10 Å². The second kappa shape index (κ2) is 3.08. The number of hydrogen-bond donors (Lipinski definition) is 2. The van der Waals surface area contributed by atoms with E-state index in [0.29, 0.717) is 0 Å². The molecule has 0 fully saturated rings. The molecule has 3 heteroatoms. The van der Waals surface area contributed by atoms with Gasteiger partial charge in [-0.3, -0.25) is 0 Å². The molecule has 0 saturated carbocycles. The van der Waals surface area contributed by atoms with Crippen molar-refractivity contribution in [1.29, 1.82) is 0 Å². The van der Waals surface area contributed by atoms with E-state index in [1.165, 1.54) is 0 Å². The van der Waals surface area contributed by atoms with Gasteiger partial charge in [-0.1, -0.05) is 0 Å². The number of aromatic amines is 1. The molecule has 2 unspecified atom stereocenters. The predicted molar refractivity (Wildman–Crippen MR) is 41.1 cm³/mol. The molecule has 0 saturated heterocycles. The maximum atomic E-state index is 9.32. The van der Waals surface area contributed by atoms with Gasteiger partial charge in [0.05, 0.1) is 5.38 Å². The number of aromatic nitrogens is 1. The van der Waals surface area contributed by atoms with Gasteiger partial charge in [0.2, 0.25) is 0 Å². The van der Waals surface area contributed by atoms with Crippen molar-refractivity contribution in [2.75, 3.05) is 0 Å². The Labute approximate surface area is 64.8 Å². The highest BCUT2D eigenvalue weighted by Crippen LogP contribution is 2.17. The van der Waals surface area contributed by atoms with Crippen LogP contribution in [0.3, 0.4) is 0 Å². The molecule has 1 aromatic heterocycles. The highest BCUT2D eigenvalue weighted by atomic mass is 35.5. The van der Waals surface area contributed by atoms with Gasteiger partial charge in [0.25, 0.3) is 0 Å². The van der Waals surface area contributed by atoms with E-state index in [0.717, 1.165) is 5.69 Å². The summed E-state index contributed by atoms with van der Waals surface area (Å²) >= 11 is 5.65. The van der Waals surface area contributed by atoms with Gasteiger partial charge in [-0.15, -0.1) is 11.6 Å². The van der Waals surface area contributed by atoms with Crippen molar-refractivity contribution in [3.8, 4) is 0 Å². The van der Waals surface area contributed by atoms with Crippen LogP contribution < -0.4 is 0 Å². The van der Waals surface area contributed by atoms with Crippen LogP contribution in [-0.4, -0.2) is 15.5 Å². The number of H-pyrrole nitrogens is 1. The molecule has 0 aliphatic carbocycles. The van der Waals surface area contributed by atoms with Crippen LogP contribution in [0, 0.1) is 0 Å². The Kier molecular flexibility index (Phi) is 2.35. The number of halogens is 1. The van der Waals surface area contributed by atoms with E-state index in [2.05, 4.69) is 4.98 Å². The summed E-state index contributed by atoms with van der Waals surface area (Å²) in [7, 11) is 0. The third kappa shape index (κ3) is 1.52. The van der Waals surface area contributed by atoms with Gasteiger partial charge in [0.1, 0.15) is 6.10 Å². The zero-order valence-electron chi connectivity index (χ0n) is 5.71. The van der Waals surface area contributed by atoms with Gasteiger partial charge in [-0.25, -0.2) is 0 Å². The summed E-state index contributed by atoms with van der Waals surface area (Å²) in [6.07, 6.45) is 1.18. The van der Waals surface area contributed by atoms with Crippen molar-refractivity contribution < 1.29 is 5.11 Å². The highest BCUT2D eigenvalue weighted by molar-refractivity contribution is 6.20. The maximum Gasteiger partial charge on any atom is 0.110 e. The molecule has 2 atom stereocenters. The third-order valence-corrected chi connectivity index (χ3v) is 1.61. The zero-order chi connectivity index (χ0) is 7.56. The molecule has 0 radical (unpaired) electrons. The summed E-state index contributed by atoms with van der Waals surface area (Å²) < 4.78 is 0. The van der Waals surface area contributed by atoms with Crippen molar-refractivity contribution in [3.63, 3.8) is 0 Å². The summed E-state index contributed by atoms with van der Waals surface area (Å²) in [6, 6.07) is 3.64. The lowest BCUT2D eigenvalue weighted by Gasteiger charge is -2.09. The Morgan fingerprint density at radius 3 is 2.80 bits per heavy atom. The molecule has 1 heterocycles. The first-order valence-electron chi connectivity index (χ1n) is 3.17. The van der Waals surface area contributed by atoms with E-state index in [1.807, 2.05) is 12.1 Å². The molecule has 10 heavy (non-hydrogen) atoms. The number of rotatable bonds is 2. The zero-order valence-corrected chi connectivity index (χ0v) is 6.47. The number of alkyl halides is 1. The summed E-state index contributed by atoms with van der Waals surface area (Å²) in [6.45, 7) is 1.76. The largest absolute Gasteiger partial charge is 0.385 e. The van der Waals surface area contributed by atoms with Gasteiger partial charge < -0.3 is 10.1 Å². The van der Waals surface area contributed by atoms with E-state index in [-0.39, 0.29) is 5.38 Å². The molecule has 0 aromatic carbocycles. The maximum absolute atomic E-state index is 9.32. The predicted octanol–water partition coefficient (Wildman–Crippen LogP) is 1.68. The van der Waals surface area contributed by atoms with Crippen LogP contribution in [-0.2, 0) is 0 Å². The number of aliphatic hydroxyl groups is 1. The first-order chi connectivity index (χ1) is 4.72. The van der Waals surface area contributed by atoms with Crippen molar-refractivity contribution in [2.45, 2.75) is 18.4 Å². The lowest BCUT2D eigenvalue weighted by molar-refractivity contribution is 0.173. The average molecular weight is 160 g/mol. The van der Waals surface area contributed by atoms with Gasteiger partial charge in [-0.2, -0.15) is 0 Å². The quantitative estimate of drug-likeness (QED) is 0.633. The van der Waals surface area contributed by atoms with Gasteiger partial charge in [0.15, 0.2) is 0 Å². The molecule has 2 nitrogen and oxygen atoms in total. The topological polar surface area (TPSA) is 36.0 Å². The average Bonchev–Trinajstić information content (AvgIpc) is 2.36. The van der Waals surface area contributed by atoms with Crippen LogP contribution in [0.25, 0.3) is 0 Å². The van der Waals surface area contributed by atoms with Crippen LogP contribution in [0.2, 0.25) is 0 Å². The summed E-state index contributed by atoms with van der Waals surface area (Å²) in [5.74, 6) is 0. The van der Waals surface area contributed by atoms with Crippen molar-refractivity contribution in [3.05, 3.63) is 24.0 Å². The fourth-order valence-corrected chi connectivity index (χ4v) is 0.911. The van der Waals surface area contributed by atoms with E-state index in [9.17, 15) is 5.11 Å². The molecule has 0 aliphatic rings. The Bertz CT molecular complexity index is 183.